The molecule has 3 rings (SSSR count). The number of thiazole rings is 1. The second-order valence-corrected chi connectivity index (χ2v) is 8.29. The van der Waals surface area contributed by atoms with E-state index in [9.17, 15) is 9.59 Å². The lowest BCUT2D eigenvalue weighted by molar-refractivity contribution is -0.137. The Morgan fingerprint density at radius 3 is 2.67 bits per heavy atom. The van der Waals surface area contributed by atoms with Gasteiger partial charge in [0, 0.05) is 37.7 Å². The third-order valence-electron chi connectivity index (χ3n) is 5.19. The number of rotatable bonds is 12. The van der Waals surface area contributed by atoms with E-state index in [1.165, 1.54) is 18.4 Å². The maximum absolute atomic E-state index is 12.6. The summed E-state index contributed by atoms with van der Waals surface area (Å²) >= 11 is 1.47. The Morgan fingerprint density at radius 1 is 1.15 bits per heavy atom. The number of likely N-dealkylation sites (tertiary alicyclic amines) is 1. The molecule has 1 aliphatic heterocycles. The summed E-state index contributed by atoms with van der Waals surface area (Å²) in [6.45, 7) is 3.21. The molecule has 180 valence electrons. The molecule has 2 aromatic heterocycles. The van der Waals surface area contributed by atoms with Crippen molar-refractivity contribution in [1.82, 2.24) is 14.9 Å². The third-order valence-corrected chi connectivity index (χ3v) is 6.20. The molecule has 0 atom stereocenters. The first-order valence-electron chi connectivity index (χ1n) is 10.8. The van der Waals surface area contributed by atoms with Crippen molar-refractivity contribution in [2.24, 2.45) is 0 Å². The number of ether oxygens (including phenoxy) is 4. The van der Waals surface area contributed by atoms with Crippen LogP contribution in [0.1, 0.15) is 34.3 Å². The van der Waals surface area contributed by atoms with Crippen LogP contribution in [0.5, 0.6) is 5.88 Å². The van der Waals surface area contributed by atoms with E-state index in [0.717, 1.165) is 17.8 Å². The fraction of sp³-hybridized carbons (Fsp3) is 0.545. The van der Waals surface area contributed by atoms with E-state index in [4.69, 9.17) is 18.9 Å². The topological polar surface area (TPSA) is 112 Å². The normalized spacial score (nSPS) is 14.3. The Kier molecular flexibility index (Phi) is 10.0. The lowest BCUT2D eigenvalue weighted by Crippen LogP contribution is -2.40. The summed E-state index contributed by atoms with van der Waals surface area (Å²) in [4.78, 5) is 35.4. The molecule has 0 unspecified atom stereocenters. The standard InChI is InChI=1S/C22H30N4O6S/c1-29-10-11-31-12-13-32-14-19(27)26-8-5-16(6-9-26)22-25-18(15-33-22)20(28)24-17-4-3-7-23-21(17)30-2/h3-4,7,15-16H,5-6,8-14H2,1-2H3,(H,24,28). The molecule has 0 saturated carbocycles. The summed E-state index contributed by atoms with van der Waals surface area (Å²) in [5.41, 5.74) is 0.857. The molecule has 11 heteroatoms. The third kappa shape index (κ3) is 7.46. The van der Waals surface area contributed by atoms with Crippen LogP contribution in [0.2, 0.25) is 0 Å². The minimum atomic E-state index is -0.306. The van der Waals surface area contributed by atoms with E-state index in [1.54, 1.807) is 30.8 Å². The van der Waals surface area contributed by atoms with Crippen molar-refractivity contribution in [2.75, 3.05) is 65.7 Å². The molecule has 3 heterocycles. The summed E-state index contributed by atoms with van der Waals surface area (Å²) < 4.78 is 20.8. The predicted octanol–water partition coefficient (Wildman–Crippen LogP) is 2.18. The summed E-state index contributed by atoms with van der Waals surface area (Å²) in [5.74, 6) is 0.249. The van der Waals surface area contributed by atoms with Crippen LogP contribution in [0.3, 0.4) is 0 Å². The van der Waals surface area contributed by atoms with Crippen LogP contribution in [-0.4, -0.2) is 87.0 Å². The van der Waals surface area contributed by atoms with Crippen molar-refractivity contribution in [1.29, 1.82) is 0 Å². The molecule has 33 heavy (non-hydrogen) atoms. The van der Waals surface area contributed by atoms with Crippen LogP contribution < -0.4 is 10.1 Å². The zero-order chi connectivity index (χ0) is 23.5. The van der Waals surface area contributed by atoms with Gasteiger partial charge in [0.05, 0.1) is 38.5 Å². The van der Waals surface area contributed by atoms with E-state index in [2.05, 4.69) is 15.3 Å². The number of amides is 2. The van der Waals surface area contributed by atoms with Gasteiger partial charge in [-0.2, -0.15) is 0 Å². The zero-order valence-corrected chi connectivity index (χ0v) is 19.8. The second-order valence-electron chi connectivity index (χ2n) is 7.40. The molecule has 0 radical (unpaired) electrons. The van der Waals surface area contributed by atoms with E-state index in [1.807, 2.05) is 4.90 Å². The summed E-state index contributed by atoms with van der Waals surface area (Å²) in [7, 11) is 3.12. The first-order chi connectivity index (χ1) is 16.1. The van der Waals surface area contributed by atoms with Gasteiger partial charge in [0.2, 0.25) is 11.8 Å². The van der Waals surface area contributed by atoms with Gasteiger partial charge in [-0.05, 0) is 25.0 Å². The summed E-state index contributed by atoms with van der Waals surface area (Å²) in [6.07, 6.45) is 3.20. The molecule has 2 amide bonds. The molecule has 0 bridgehead atoms. The predicted molar refractivity (Wildman–Crippen MR) is 123 cm³/mol. The van der Waals surface area contributed by atoms with Crippen LogP contribution in [0.25, 0.3) is 0 Å². The average molecular weight is 479 g/mol. The van der Waals surface area contributed by atoms with Crippen molar-refractivity contribution in [3.05, 3.63) is 34.4 Å². The highest BCUT2D eigenvalue weighted by Gasteiger charge is 2.26. The Morgan fingerprint density at radius 2 is 1.91 bits per heavy atom. The quantitative estimate of drug-likeness (QED) is 0.462. The number of anilines is 1. The SMILES string of the molecule is COCCOCCOCC(=O)N1CCC(c2nc(C(=O)Nc3cccnc3OC)cs2)CC1. The van der Waals surface area contributed by atoms with Crippen molar-refractivity contribution < 1.29 is 28.5 Å². The Labute approximate surface area is 197 Å². The molecule has 1 aliphatic rings. The van der Waals surface area contributed by atoms with Crippen molar-refractivity contribution in [3.8, 4) is 5.88 Å². The number of methoxy groups -OCH3 is 2. The highest BCUT2D eigenvalue weighted by molar-refractivity contribution is 7.10. The Balaban J connectivity index is 1.41. The Bertz CT molecular complexity index is 901. The fourth-order valence-electron chi connectivity index (χ4n) is 3.40. The van der Waals surface area contributed by atoms with E-state index in [0.29, 0.717) is 56.8 Å². The lowest BCUT2D eigenvalue weighted by atomic mass is 9.97. The molecule has 1 saturated heterocycles. The largest absolute Gasteiger partial charge is 0.480 e. The molecule has 1 N–H and O–H groups in total. The molecule has 2 aromatic rings. The maximum Gasteiger partial charge on any atom is 0.275 e. The van der Waals surface area contributed by atoms with Crippen molar-refractivity contribution >= 4 is 28.8 Å². The number of nitrogens with one attached hydrogen (secondary N) is 1. The number of pyridine rings is 1. The zero-order valence-electron chi connectivity index (χ0n) is 19.0. The van der Waals surface area contributed by atoms with Crippen LogP contribution in [0.15, 0.2) is 23.7 Å². The van der Waals surface area contributed by atoms with Gasteiger partial charge < -0.3 is 29.2 Å². The van der Waals surface area contributed by atoms with E-state index < -0.39 is 0 Å². The first kappa shape index (κ1) is 25.0. The molecule has 10 nitrogen and oxygen atoms in total. The van der Waals surface area contributed by atoms with Crippen LogP contribution in [0, 0.1) is 0 Å². The van der Waals surface area contributed by atoms with Gasteiger partial charge in [-0.15, -0.1) is 11.3 Å². The number of nitrogens with zero attached hydrogens (tertiary/aromatic N) is 3. The molecule has 1 fully saturated rings. The van der Waals surface area contributed by atoms with Gasteiger partial charge in [0.25, 0.3) is 5.91 Å². The minimum absolute atomic E-state index is 0.0186. The monoisotopic (exact) mass is 478 g/mol. The minimum Gasteiger partial charge on any atom is -0.480 e. The molecule has 0 aromatic carbocycles. The van der Waals surface area contributed by atoms with Gasteiger partial charge in [-0.1, -0.05) is 0 Å². The Hall–Kier alpha value is -2.60. The van der Waals surface area contributed by atoms with Crippen LogP contribution >= 0.6 is 11.3 Å². The number of carbonyl (C=O) groups excluding carboxylic acids is 2. The molecular weight excluding hydrogens is 448 g/mol. The highest BCUT2D eigenvalue weighted by Crippen LogP contribution is 2.31. The van der Waals surface area contributed by atoms with Gasteiger partial charge in [0.15, 0.2) is 0 Å². The number of piperidine rings is 1. The maximum atomic E-state index is 12.6. The smallest absolute Gasteiger partial charge is 0.275 e. The average Bonchev–Trinajstić information content (AvgIpc) is 3.34. The number of hydrogen-bond acceptors (Lipinski definition) is 9. The van der Waals surface area contributed by atoms with Gasteiger partial charge in [-0.3, -0.25) is 9.59 Å². The van der Waals surface area contributed by atoms with Crippen LogP contribution in [0.4, 0.5) is 5.69 Å². The van der Waals surface area contributed by atoms with Gasteiger partial charge in [0.1, 0.15) is 18.0 Å². The molecule has 0 aliphatic carbocycles. The van der Waals surface area contributed by atoms with Crippen molar-refractivity contribution in [3.63, 3.8) is 0 Å². The van der Waals surface area contributed by atoms with E-state index in [-0.39, 0.29) is 24.3 Å². The van der Waals surface area contributed by atoms with E-state index >= 15 is 0 Å². The lowest BCUT2D eigenvalue weighted by Gasteiger charge is -2.31. The number of carbonyl (C=O) groups is 2. The molecular formula is C22H30N4O6S. The highest BCUT2D eigenvalue weighted by atomic mass is 32.1. The van der Waals surface area contributed by atoms with Gasteiger partial charge >= 0.3 is 0 Å². The second kappa shape index (κ2) is 13.2. The number of hydrogen-bond donors (Lipinski definition) is 1. The van der Waals surface area contributed by atoms with Crippen LogP contribution in [-0.2, 0) is 19.0 Å². The molecule has 0 spiro atoms. The fourth-order valence-corrected chi connectivity index (χ4v) is 4.37. The summed E-state index contributed by atoms with van der Waals surface area (Å²) in [6, 6.07) is 3.45. The van der Waals surface area contributed by atoms with Gasteiger partial charge in [-0.25, -0.2) is 9.97 Å². The summed E-state index contributed by atoms with van der Waals surface area (Å²) in [5, 5.41) is 5.46. The first-order valence-corrected chi connectivity index (χ1v) is 11.7. The van der Waals surface area contributed by atoms with Crippen molar-refractivity contribution in [2.45, 2.75) is 18.8 Å². The number of aromatic nitrogens is 2.